The molecule has 1 unspecified atom stereocenters. The van der Waals surface area contributed by atoms with Crippen molar-refractivity contribution >= 4 is 29.9 Å². The van der Waals surface area contributed by atoms with Crippen LogP contribution in [-0.4, -0.2) is 43.6 Å². The third-order valence-corrected chi connectivity index (χ3v) is 4.57. The van der Waals surface area contributed by atoms with Crippen LogP contribution in [-0.2, 0) is 4.79 Å². The largest absolute Gasteiger partial charge is 0.479 e. The summed E-state index contributed by atoms with van der Waals surface area (Å²) in [7, 11) is 1.96. The van der Waals surface area contributed by atoms with Gasteiger partial charge in [-0.2, -0.15) is 0 Å². The zero-order chi connectivity index (χ0) is 16.8. The van der Waals surface area contributed by atoms with E-state index in [1.165, 1.54) is 18.2 Å². The smallest absolute Gasteiger partial charge is 0.263 e. The third kappa shape index (κ3) is 5.80. The molecule has 24 heavy (non-hydrogen) atoms. The first-order valence-corrected chi connectivity index (χ1v) is 8.44. The lowest BCUT2D eigenvalue weighted by Crippen LogP contribution is -2.45. The topological polar surface area (TPSA) is 41.6 Å². The Bertz CT molecular complexity index is 537. The van der Waals surface area contributed by atoms with Crippen LogP contribution in [0.5, 0.6) is 5.75 Å². The van der Waals surface area contributed by atoms with Gasteiger partial charge in [0.05, 0.1) is 5.02 Å². The number of rotatable bonds is 6. The van der Waals surface area contributed by atoms with Gasteiger partial charge in [0.1, 0.15) is 11.6 Å². The van der Waals surface area contributed by atoms with E-state index in [9.17, 15) is 9.18 Å². The Hall–Kier alpha value is -1.04. The van der Waals surface area contributed by atoms with Crippen molar-refractivity contribution in [1.82, 2.24) is 10.2 Å². The second kappa shape index (κ2) is 10.1. The summed E-state index contributed by atoms with van der Waals surface area (Å²) in [4.78, 5) is 14.3. The molecule has 1 N–H and O–H groups in total. The monoisotopic (exact) mass is 378 g/mol. The number of benzene rings is 1. The molecule has 1 atom stereocenters. The number of amides is 1. The Labute approximate surface area is 154 Å². The molecule has 136 valence electrons. The van der Waals surface area contributed by atoms with Crippen LogP contribution in [0, 0.1) is 11.7 Å². The van der Waals surface area contributed by atoms with Gasteiger partial charge in [-0.05, 0) is 63.9 Å². The highest BCUT2D eigenvalue weighted by Gasteiger charge is 2.27. The lowest BCUT2D eigenvalue weighted by atomic mass is 9.93. The molecule has 1 saturated heterocycles. The van der Waals surface area contributed by atoms with E-state index in [1.54, 1.807) is 6.92 Å². The van der Waals surface area contributed by atoms with Crippen molar-refractivity contribution in [1.29, 1.82) is 0 Å². The highest BCUT2D eigenvalue weighted by molar-refractivity contribution is 6.32. The zero-order valence-electron chi connectivity index (χ0n) is 14.1. The van der Waals surface area contributed by atoms with Crippen molar-refractivity contribution in [3.05, 3.63) is 29.0 Å². The third-order valence-electron chi connectivity index (χ3n) is 4.27. The van der Waals surface area contributed by atoms with Crippen molar-refractivity contribution in [3.63, 3.8) is 0 Å². The molecular weight excluding hydrogens is 354 g/mol. The number of ether oxygens (including phenoxy) is 1. The average molecular weight is 379 g/mol. The number of nitrogens with zero attached hydrogens (tertiary/aromatic N) is 1. The average Bonchev–Trinajstić information content (AvgIpc) is 2.55. The van der Waals surface area contributed by atoms with E-state index in [4.69, 9.17) is 16.3 Å². The standard InChI is InChI=1S/C17H24ClFN2O2.ClH/c1-12(23-16-4-3-14(19)11-15(16)18)17(22)21-9-6-13(7-10-21)5-8-20-2;/h3-4,11-13,20H,5-10H2,1-2H3;1H. The lowest BCUT2D eigenvalue weighted by molar-refractivity contribution is -0.139. The Morgan fingerprint density at radius 2 is 2.12 bits per heavy atom. The van der Waals surface area contributed by atoms with Crippen molar-refractivity contribution < 1.29 is 13.9 Å². The van der Waals surface area contributed by atoms with Gasteiger partial charge < -0.3 is 15.0 Å². The van der Waals surface area contributed by atoms with Crippen molar-refractivity contribution in [3.8, 4) is 5.75 Å². The van der Waals surface area contributed by atoms with Crippen LogP contribution in [0.3, 0.4) is 0 Å². The van der Waals surface area contributed by atoms with Crippen LogP contribution < -0.4 is 10.1 Å². The molecule has 7 heteroatoms. The van der Waals surface area contributed by atoms with Gasteiger partial charge in [-0.15, -0.1) is 12.4 Å². The first kappa shape index (κ1) is 21.0. The predicted octanol–water partition coefficient (Wildman–Crippen LogP) is 3.52. The summed E-state index contributed by atoms with van der Waals surface area (Å²) in [6.07, 6.45) is 2.57. The van der Waals surface area contributed by atoms with Gasteiger partial charge in [0.2, 0.25) is 0 Å². The van der Waals surface area contributed by atoms with Crippen LogP contribution >= 0.6 is 24.0 Å². The molecule has 1 amide bonds. The van der Waals surface area contributed by atoms with Crippen molar-refractivity contribution in [2.45, 2.75) is 32.3 Å². The van der Waals surface area contributed by atoms with E-state index >= 15 is 0 Å². The molecule has 4 nitrogen and oxygen atoms in total. The van der Waals surface area contributed by atoms with Gasteiger partial charge in [0, 0.05) is 13.1 Å². The van der Waals surface area contributed by atoms with Crippen LogP contribution in [0.2, 0.25) is 5.02 Å². The molecule has 0 spiro atoms. The summed E-state index contributed by atoms with van der Waals surface area (Å²) in [6.45, 7) is 4.24. The maximum Gasteiger partial charge on any atom is 0.263 e. The molecule has 0 saturated carbocycles. The maximum absolute atomic E-state index is 13.0. The molecule has 0 aromatic heterocycles. The molecule has 0 aliphatic carbocycles. The van der Waals surface area contributed by atoms with Crippen LogP contribution in [0.25, 0.3) is 0 Å². The highest BCUT2D eigenvalue weighted by atomic mass is 35.5. The Kier molecular flexibility index (Phi) is 8.81. The maximum atomic E-state index is 13.0. The van der Waals surface area contributed by atoms with Gasteiger partial charge in [-0.1, -0.05) is 11.6 Å². The van der Waals surface area contributed by atoms with E-state index in [-0.39, 0.29) is 23.3 Å². The Morgan fingerprint density at radius 3 is 2.71 bits per heavy atom. The van der Waals surface area contributed by atoms with Crippen molar-refractivity contribution in [2.75, 3.05) is 26.7 Å². The minimum atomic E-state index is -0.633. The van der Waals surface area contributed by atoms with Gasteiger partial charge in [0.25, 0.3) is 5.91 Å². The number of likely N-dealkylation sites (tertiary alicyclic amines) is 1. The summed E-state index contributed by atoms with van der Waals surface area (Å²) >= 11 is 5.94. The summed E-state index contributed by atoms with van der Waals surface area (Å²) in [5, 5.41) is 3.34. The molecule has 0 bridgehead atoms. The van der Waals surface area contributed by atoms with Gasteiger partial charge in [-0.25, -0.2) is 4.39 Å². The number of halogens is 3. The minimum absolute atomic E-state index is 0. The summed E-state index contributed by atoms with van der Waals surface area (Å²) < 4.78 is 18.6. The first-order chi connectivity index (χ1) is 11.0. The van der Waals surface area contributed by atoms with Crippen LogP contribution in [0.1, 0.15) is 26.2 Å². The number of piperidine rings is 1. The Morgan fingerprint density at radius 1 is 1.46 bits per heavy atom. The number of carbonyl (C=O) groups excluding carboxylic acids is 1. The second-order valence-corrected chi connectivity index (χ2v) is 6.40. The number of nitrogens with one attached hydrogen (secondary N) is 1. The highest BCUT2D eigenvalue weighted by Crippen LogP contribution is 2.27. The van der Waals surface area contributed by atoms with Crippen LogP contribution in [0.4, 0.5) is 4.39 Å². The molecule has 0 radical (unpaired) electrons. The zero-order valence-corrected chi connectivity index (χ0v) is 15.6. The number of hydrogen-bond donors (Lipinski definition) is 1. The molecule has 1 aromatic carbocycles. The van der Waals surface area contributed by atoms with Gasteiger partial charge >= 0.3 is 0 Å². The molecule has 1 aliphatic heterocycles. The fraction of sp³-hybridized carbons (Fsp3) is 0.588. The van der Waals surface area contributed by atoms with Crippen LogP contribution in [0.15, 0.2) is 18.2 Å². The SMILES string of the molecule is CNCCC1CCN(C(=O)C(C)Oc2ccc(F)cc2Cl)CC1.Cl. The summed E-state index contributed by atoms with van der Waals surface area (Å²) in [5.41, 5.74) is 0. The van der Waals surface area contributed by atoms with E-state index in [1.807, 2.05) is 11.9 Å². The predicted molar refractivity (Wildman–Crippen MR) is 96.6 cm³/mol. The molecule has 1 fully saturated rings. The fourth-order valence-corrected chi connectivity index (χ4v) is 3.07. The first-order valence-electron chi connectivity index (χ1n) is 8.06. The van der Waals surface area contributed by atoms with E-state index in [2.05, 4.69) is 5.32 Å². The quantitative estimate of drug-likeness (QED) is 0.823. The molecule has 1 aromatic rings. The normalized spacial score (nSPS) is 16.4. The summed E-state index contributed by atoms with van der Waals surface area (Å²) in [6, 6.07) is 3.90. The molecular formula is C17H25Cl2FN2O2. The molecule has 2 rings (SSSR count). The number of carbonyl (C=O) groups is 1. The minimum Gasteiger partial charge on any atom is -0.479 e. The molecule has 1 heterocycles. The van der Waals surface area contributed by atoms with E-state index in [0.717, 1.165) is 38.9 Å². The van der Waals surface area contributed by atoms with Crippen molar-refractivity contribution in [2.24, 2.45) is 5.92 Å². The second-order valence-electron chi connectivity index (χ2n) is 6.00. The Balaban J connectivity index is 0.00000288. The van der Waals surface area contributed by atoms with E-state index < -0.39 is 11.9 Å². The van der Waals surface area contributed by atoms with Gasteiger partial charge in [0.15, 0.2) is 6.10 Å². The lowest BCUT2D eigenvalue weighted by Gasteiger charge is -2.33. The number of hydrogen-bond acceptors (Lipinski definition) is 3. The summed E-state index contributed by atoms with van der Waals surface area (Å²) in [5.74, 6) is 0.537. The molecule has 1 aliphatic rings. The van der Waals surface area contributed by atoms with E-state index in [0.29, 0.717) is 11.7 Å². The fourth-order valence-electron chi connectivity index (χ4n) is 2.86. The van der Waals surface area contributed by atoms with Gasteiger partial charge in [-0.3, -0.25) is 4.79 Å².